The molecule has 1 unspecified atom stereocenters. The van der Waals surface area contributed by atoms with Crippen molar-refractivity contribution >= 4 is 5.91 Å². The molecule has 4 nitrogen and oxygen atoms in total. The van der Waals surface area contributed by atoms with E-state index in [9.17, 15) is 9.90 Å². The summed E-state index contributed by atoms with van der Waals surface area (Å²) in [5.41, 5.74) is -0.834. The van der Waals surface area contributed by atoms with Crippen molar-refractivity contribution in [3.63, 3.8) is 0 Å². The largest absolute Gasteiger partial charge is 0.389 e. The summed E-state index contributed by atoms with van der Waals surface area (Å²) < 4.78 is 0. The first kappa shape index (κ1) is 13.4. The standard InChI is InChI=1S/C10H22N2O2/c1-6-12(7-10(3,4)14)9(13)8(2)11-5/h8,11,14H,6-7H2,1-5H3. The molecule has 84 valence electrons. The van der Waals surface area contributed by atoms with Crippen LogP contribution in [0.3, 0.4) is 0 Å². The number of carbonyl (C=O) groups is 1. The zero-order valence-corrected chi connectivity index (χ0v) is 9.79. The number of hydrogen-bond acceptors (Lipinski definition) is 3. The minimum Gasteiger partial charge on any atom is -0.389 e. The third kappa shape index (κ3) is 4.58. The van der Waals surface area contributed by atoms with Gasteiger partial charge in [0.15, 0.2) is 0 Å². The second-order valence-electron chi connectivity index (χ2n) is 4.18. The van der Waals surface area contributed by atoms with E-state index in [0.717, 1.165) is 0 Å². The van der Waals surface area contributed by atoms with E-state index in [0.29, 0.717) is 13.1 Å². The maximum Gasteiger partial charge on any atom is 0.239 e. The Labute approximate surface area is 86.3 Å². The van der Waals surface area contributed by atoms with E-state index < -0.39 is 5.60 Å². The molecule has 0 aliphatic carbocycles. The van der Waals surface area contributed by atoms with Crippen LogP contribution in [0.2, 0.25) is 0 Å². The molecule has 2 N–H and O–H groups in total. The van der Waals surface area contributed by atoms with Gasteiger partial charge in [0.25, 0.3) is 0 Å². The first-order valence-corrected chi connectivity index (χ1v) is 5.00. The minimum atomic E-state index is -0.834. The van der Waals surface area contributed by atoms with E-state index >= 15 is 0 Å². The molecule has 0 aromatic rings. The van der Waals surface area contributed by atoms with Crippen LogP contribution in [0.5, 0.6) is 0 Å². The molecule has 0 spiro atoms. The molecule has 0 rings (SSSR count). The Bertz CT molecular complexity index is 187. The fourth-order valence-electron chi connectivity index (χ4n) is 1.21. The fraction of sp³-hybridized carbons (Fsp3) is 0.900. The lowest BCUT2D eigenvalue weighted by Crippen LogP contribution is -2.48. The molecule has 0 saturated carbocycles. The second kappa shape index (κ2) is 5.32. The second-order valence-corrected chi connectivity index (χ2v) is 4.18. The number of nitrogens with one attached hydrogen (secondary N) is 1. The van der Waals surface area contributed by atoms with Crippen molar-refractivity contribution in [3.05, 3.63) is 0 Å². The molecule has 0 heterocycles. The molecular weight excluding hydrogens is 180 g/mol. The Hall–Kier alpha value is -0.610. The SMILES string of the molecule is CCN(CC(C)(C)O)C(=O)C(C)NC. The van der Waals surface area contributed by atoms with Gasteiger partial charge in [0, 0.05) is 13.1 Å². The highest BCUT2D eigenvalue weighted by atomic mass is 16.3. The highest BCUT2D eigenvalue weighted by Gasteiger charge is 2.23. The van der Waals surface area contributed by atoms with E-state index in [1.807, 2.05) is 13.8 Å². The van der Waals surface area contributed by atoms with E-state index in [-0.39, 0.29) is 11.9 Å². The van der Waals surface area contributed by atoms with Gasteiger partial charge in [-0.3, -0.25) is 4.79 Å². The molecule has 4 heteroatoms. The number of rotatable bonds is 5. The number of likely N-dealkylation sites (N-methyl/N-ethyl adjacent to an activating group) is 2. The van der Waals surface area contributed by atoms with Gasteiger partial charge < -0.3 is 15.3 Å². The van der Waals surface area contributed by atoms with Crippen molar-refractivity contribution in [1.82, 2.24) is 10.2 Å². The number of nitrogens with zero attached hydrogens (tertiary/aromatic N) is 1. The van der Waals surface area contributed by atoms with E-state index in [1.54, 1.807) is 25.8 Å². The van der Waals surface area contributed by atoms with Gasteiger partial charge in [0.05, 0.1) is 11.6 Å². The van der Waals surface area contributed by atoms with Crippen LogP contribution >= 0.6 is 0 Å². The zero-order valence-electron chi connectivity index (χ0n) is 9.79. The Morgan fingerprint density at radius 2 is 2.07 bits per heavy atom. The first-order valence-electron chi connectivity index (χ1n) is 5.00. The van der Waals surface area contributed by atoms with Crippen LogP contribution in [0.25, 0.3) is 0 Å². The summed E-state index contributed by atoms with van der Waals surface area (Å²) in [7, 11) is 1.75. The summed E-state index contributed by atoms with van der Waals surface area (Å²) in [5, 5.41) is 12.5. The summed E-state index contributed by atoms with van der Waals surface area (Å²) in [6.45, 7) is 8.12. The molecule has 0 aliphatic heterocycles. The number of aliphatic hydroxyl groups is 1. The molecule has 0 bridgehead atoms. The van der Waals surface area contributed by atoms with Crippen LogP contribution < -0.4 is 5.32 Å². The van der Waals surface area contributed by atoms with E-state index in [1.165, 1.54) is 0 Å². The average Bonchev–Trinajstić information content (AvgIpc) is 2.10. The third-order valence-corrected chi connectivity index (χ3v) is 2.07. The molecule has 1 atom stereocenters. The van der Waals surface area contributed by atoms with Crippen molar-refractivity contribution < 1.29 is 9.90 Å². The van der Waals surface area contributed by atoms with Gasteiger partial charge >= 0.3 is 0 Å². The van der Waals surface area contributed by atoms with E-state index in [4.69, 9.17) is 0 Å². The Kier molecular flexibility index (Phi) is 5.08. The summed E-state index contributed by atoms with van der Waals surface area (Å²) in [5.74, 6) is 0.0251. The maximum absolute atomic E-state index is 11.7. The van der Waals surface area contributed by atoms with Gasteiger partial charge in [-0.15, -0.1) is 0 Å². The van der Waals surface area contributed by atoms with Crippen LogP contribution in [0.15, 0.2) is 0 Å². The average molecular weight is 202 g/mol. The molecule has 0 radical (unpaired) electrons. The van der Waals surface area contributed by atoms with Crippen molar-refractivity contribution in [2.75, 3.05) is 20.1 Å². The Morgan fingerprint density at radius 3 is 2.36 bits per heavy atom. The molecular formula is C10H22N2O2. The van der Waals surface area contributed by atoms with Crippen LogP contribution in [-0.4, -0.2) is 47.7 Å². The van der Waals surface area contributed by atoms with Crippen molar-refractivity contribution in [2.24, 2.45) is 0 Å². The van der Waals surface area contributed by atoms with Crippen LogP contribution in [0, 0.1) is 0 Å². The van der Waals surface area contributed by atoms with Crippen LogP contribution in [0.1, 0.15) is 27.7 Å². The van der Waals surface area contributed by atoms with Crippen molar-refractivity contribution in [2.45, 2.75) is 39.3 Å². The number of amides is 1. The third-order valence-electron chi connectivity index (χ3n) is 2.07. The Morgan fingerprint density at radius 1 is 1.57 bits per heavy atom. The predicted molar refractivity (Wildman–Crippen MR) is 57.1 cm³/mol. The highest BCUT2D eigenvalue weighted by molar-refractivity contribution is 5.81. The lowest BCUT2D eigenvalue weighted by Gasteiger charge is -2.30. The van der Waals surface area contributed by atoms with Crippen molar-refractivity contribution in [1.29, 1.82) is 0 Å². The topological polar surface area (TPSA) is 52.6 Å². The lowest BCUT2D eigenvalue weighted by molar-refractivity contribution is -0.135. The fourth-order valence-corrected chi connectivity index (χ4v) is 1.21. The predicted octanol–water partition coefficient (Wildman–Crippen LogP) is 0.214. The molecule has 0 aromatic heterocycles. The normalized spacial score (nSPS) is 13.9. The summed E-state index contributed by atoms with van der Waals surface area (Å²) in [6.07, 6.45) is 0. The minimum absolute atomic E-state index is 0.0251. The molecule has 0 aromatic carbocycles. The van der Waals surface area contributed by atoms with Gasteiger partial charge in [-0.1, -0.05) is 0 Å². The van der Waals surface area contributed by atoms with Gasteiger partial charge in [-0.25, -0.2) is 0 Å². The van der Waals surface area contributed by atoms with Gasteiger partial charge in [0.1, 0.15) is 0 Å². The monoisotopic (exact) mass is 202 g/mol. The summed E-state index contributed by atoms with van der Waals surface area (Å²) in [6, 6.07) is -0.197. The number of hydrogen-bond donors (Lipinski definition) is 2. The Balaban J connectivity index is 4.34. The van der Waals surface area contributed by atoms with Gasteiger partial charge in [0.2, 0.25) is 5.91 Å². The van der Waals surface area contributed by atoms with Crippen LogP contribution in [0.4, 0.5) is 0 Å². The lowest BCUT2D eigenvalue weighted by atomic mass is 10.1. The van der Waals surface area contributed by atoms with Gasteiger partial charge in [-0.2, -0.15) is 0 Å². The quantitative estimate of drug-likeness (QED) is 0.670. The molecule has 1 amide bonds. The molecule has 0 aliphatic rings. The summed E-state index contributed by atoms with van der Waals surface area (Å²) in [4.78, 5) is 13.4. The molecule has 14 heavy (non-hydrogen) atoms. The zero-order chi connectivity index (χ0) is 11.4. The van der Waals surface area contributed by atoms with E-state index in [2.05, 4.69) is 5.32 Å². The van der Waals surface area contributed by atoms with Gasteiger partial charge in [-0.05, 0) is 34.7 Å². The summed E-state index contributed by atoms with van der Waals surface area (Å²) >= 11 is 0. The first-order chi connectivity index (χ1) is 6.31. The van der Waals surface area contributed by atoms with Crippen LogP contribution in [-0.2, 0) is 4.79 Å². The highest BCUT2D eigenvalue weighted by Crippen LogP contribution is 2.06. The number of carbonyl (C=O) groups excluding carboxylic acids is 1. The smallest absolute Gasteiger partial charge is 0.239 e. The molecule has 0 saturated heterocycles. The van der Waals surface area contributed by atoms with Crippen molar-refractivity contribution in [3.8, 4) is 0 Å². The maximum atomic E-state index is 11.7. The molecule has 0 fully saturated rings.